The van der Waals surface area contributed by atoms with Gasteiger partial charge < -0.3 is 11.1 Å². The predicted octanol–water partition coefficient (Wildman–Crippen LogP) is 3.53. The van der Waals surface area contributed by atoms with E-state index in [9.17, 15) is 18.0 Å². The predicted molar refractivity (Wildman–Crippen MR) is 70.7 cm³/mol. The van der Waals surface area contributed by atoms with Crippen molar-refractivity contribution >= 4 is 27.5 Å². The van der Waals surface area contributed by atoms with Crippen LogP contribution in [-0.2, 0) is 11.0 Å². The Balaban J connectivity index is 2.84. The first kappa shape index (κ1) is 16.0. The number of carbonyl (C=O) groups excluding carboxylic acids is 1. The number of benzene rings is 1. The quantitative estimate of drug-likeness (QED) is 0.882. The first-order valence-electron chi connectivity index (χ1n) is 5.65. The number of nitrogens with one attached hydrogen (secondary N) is 1. The van der Waals surface area contributed by atoms with Crippen LogP contribution in [-0.4, -0.2) is 11.9 Å². The lowest BCUT2D eigenvalue weighted by atomic mass is 10.1. The second-order valence-corrected chi connectivity index (χ2v) is 5.06. The van der Waals surface area contributed by atoms with E-state index >= 15 is 0 Å². The molecule has 0 bridgehead atoms. The molecule has 0 aliphatic heterocycles. The van der Waals surface area contributed by atoms with Gasteiger partial charge >= 0.3 is 6.18 Å². The van der Waals surface area contributed by atoms with Crippen molar-refractivity contribution < 1.29 is 18.0 Å². The number of nitrogens with two attached hydrogens (primary N) is 1. The third kappa shape index (κ3) is 5.20. The van der Waals surface area contributed by atoms with Crippen molar-refractivity contribution in [1.82, 2.24) is 0 Å². The maximum Gasteiger partial charge on any atom is 0.416 e. The lowest BCUT2D eigenvalue weighted by Crippen LogP contribution is -2.26. The van der Waals surface area contributed by atoms with Crippen molar-refractivity contribution in [3.05, 3.63) is 28.2 Å². The summed E-state index contributed by atoms with van der Waals surface area (Å²) in [5, 5.41) is 2.41. The Bertz CT molecular complexity index is 463. The summed E-state index contributed by atoms with van der Waals surface area (Å²) in [7, 11) is 0. The molecule has 0 aliphatic carbocycles. The molecule has 1 rings (SSSR count). The van der Waals surface area contributed by atoms with E-state index in [1.807, 2.05) is 6.92 Å². The summed E-state index contributed by atoms with van der Waals surface area (Å²) in [4.78, 5) is 11.6. The van der Waals surface area contributed by atoms with Gasteiger partial charge in [-0.1, -0.05) is 22.9 Å². The first-order valence-corrected chi connectivity index (χ1v) is 6.45. The summed E-state index contributed by atoms with van der Waals surface area (Å²) >= 11 is 2.98. The fourth-order valence-electron chi connectivity index (χ4n) is 1.42. The van der Waals surface area contributed by atoms with Crippen molar-refractivity contribution in [2.45, 2.75) is 32.0 Å². The number of alkyl halides is 3. The molecule has 0 aromatic heterocycles. The summed E-state index contributed by atoms with van der Waals surface area (Å²) in [5.74, 6) is -0.402. The zero-order chi connectivity index (χ0) is 14.6. The van der Waals surface area contributed by atoms with Crippen molar-refractivity contribution in [3.8, 4) is 0 Å². The minimum absolute atomic E-state index is 0.0738. The van der Waals surface area contributed by atoms with Gasteiger partial charge in [0.25, 0.3) is 0 Å². The van der Waals surface area contributed by atoms with Crippen LogP contribution in [0.2, 0.25) is 0 Å². The molecule has 1 aromatic carbocycles. The average Bonchev–Trinajstić information content (AvgIpc) is 2.26. The van der Waals surface area contributed by atoms with Gasteiger partial charge in [0.1, 0.15) is 0 Å². The Kier molecular flexibility index (Phi) is 5.37. The molecular formula is C12H14BrF3N2O. The Morgan fingerprint density at radius 1 is 1.42 bits per heavy atom. The van der Waals surface area contributed by atoms with Crippen LogP contribution < -0.4 is 11.1 Å². The summed E-state index contributed by atoms with van der Waals surface area (Å²) in [6.45, 7) is 1.83. The number of hydrogen-bond acceptors (Lipinski definition) is 2. The monoisotopic (exact) mass is 338 g/mol. The molecule has 0 aliphatic rings. The molecule has 0 radical (unpaired) electrons. The van der Waals surface area contributed by atoms with Gasteiger partial charge in [-0.2, -0.15) is 13.2 Å². The van der Waals surface area contributed by atoms with Crippen LogP contribution >= 0.6 is 15.9 Å². The van der Waals surface area contributed by atoms with Crippen LogP contribution in [0.15, 0.2) is 22.7 Å². The van der Waals surface area contributed by atoms with E-state index in [2.05, 4.69) is 21.2 Å². The number of carbonyl (C=O) groups is 1. The fraction of sp³-hybridized carbons (Fsp3) is 0.417. The highest BCUT2D eigenvalue weighted by atomic mass is 79.9. The lowest BCUT2D eigenvalue weighted by Gasteiger charge is -2.12. The molecule has 0 heterocycles. The topological polar surface area (TPSA) is 55.1 Å². The Hall–Kier alpha value is -1.08. The maximum atomic E-state index is 12.6. The smallest absolute Gasteiger partial charge is 0.327 e. The highest BCUT2D eigenvalue weighted by Crippen LogP contribution is 2.33. The molecule has 106 valence electrons. The molecule has 19 heavy (non-hydrogen) atoms. The van der Waals surface area contributed by atoms with Crippen LogP contribution in [0.3, 0.4) is 0 Å². The van der Waals surface area contributed by atoms with E-state index < -0.39 is 17.6 Å². The molecule has 3 N–H and O–H groups in total. The van der Waals surface area contributed by atoms with Gasteiger partial charge in [-0.15, -0.1) is 0 Å². The van der Waals surface area contributed by atoms with Crippen LogP contribution in [0.4, 0.5) is 18.9 Å². The van der Waals surface area contributed by atoms with Gasteiger partial charge in [-0.05, 0) is 24.6 Å². The second-order valence-electron chi connectivity index (χ2n) is 4.15. The van der Waals surface area contributed by atoms with Crippen LogP contribution in [0.1, 0.15) is 25.3 Å². The van der Waals surface area contributed by atoms with E-state index in [-0.39, 0.29) is 22.6 Å². The summed E-state index contributed by atoms with van der Waals surface area (Å²) in [6.07, 6.45) is -3.76. The van der Waals surface area contributed by atoms with Gasteiger partial charge in [0.15, 0.2) is 0 Å². The molecule has 0 saturated heterocycles. The third-order valence-electron chi connectivity index (χ3n) is 2.48. The molecule has 3 nitrogen and oxygen atoms in total. The fourth-order valence-corrected chi connectivity index (χ4v) is 1.91. The SMILES string of the molecule is CCC(N)CC(=O)Nc1cc(Br)cc(C(F)(F)F)c1. The first-order chi connectivity index (χ1) is 8.72. The van der Waals surface area contributed by atoms with Gasteiger partial charge in [-0.25, -0.2) is 0 Å². The largest absolute Gasteiger partial charge is 0.416 e. The van der Waals surface area contributed by atoms with Gasteiger partial charge in [0.2, 0.25) is 5.91 Å². The van der Waals surface area contributed by atoms with Gasteiger partial charge in [0.05, 0.1) is 5.56 Å². The van der Waals surface area contributed by atoms with E-state index in [1.165, 1.54) is 6.07 Å². The molecule has 1 atom stereocenters. The minimum atomic E-state index is -4.46. The highest BCUT2D eigenvalue weighted by molar-refractivity contribution is 9.10. The molecule has 1 aromatic rings. The van der Waals surface area contributed by atoms with Crippen molar-refractivity contribution in [2.75, 3.05) is 5.32 Å². The van der Waals surface area contributed by atoms with E-state index in [0.29, 0.717) is 6.42 Å². The van der Waals surface area contributed by atoms with Gasteiger partial charge in [0, 0.05) is 22.6 Å². The van der Waals surface area contributed by atoms with Gasteiger partial charge in [-0.3, -0.25) is 4.79 Å². The standard InChI is InChI=1S/C12H14BrF3N2O/c1-2-9(17)6-11(19)18-10-4-7(12(14,15)16)3-8(13)5-10/h3-5,9H,2,6,17H2,1H3,(H,18,19). The summed E-state index contributed by atoms with van der Waals surface area (Å²) in [6, 6.07) is 2.95. The normalized spacial score (nSPS) is 13.2. The van der Waals surface area contributed by atoms with Crippen LogP contribution in [0, 0.1) is 0 Å². The molecule has 0 fully saturated rings. The van der Waals surface area contributed by atoms with Crippen LogP contribution in [0.25, 0.3) is 0 Å². The Labute approximate surface area is 117 Å². The summed E-state index contributed by atoms with van der Waals surface area (Å²) in [5.41, 5.74) is 4.88. The van der Waals surface area contributed by atoms with Crippen LogP contribution in [0.5, 0.6) is 0 Å². The molecule has 0 saturated carbocycles. The van der Waals surface area contributed by atoms with E-state index in [1.54, 1.807) is 0 Å². The van der Waals surface area contributed by atoms with E-state index in [0.717, 1.165) is 12.1 Å². The molecule has 1 unspecified atom stereocenters. The van der Waals surface area contributed by atoms with E-state index in [4.69, 9.17) is 5.73 Å². The zero-order valence-electron chi connectivity index (χ0n) is 10.2. The van der Waals surface area contributed by atoms with Crippen molar-refractivity contribution in [2.24, 2.45) is 5.73 Å². The third-order valence-corrected chi connectivity index (χ3v) is 2.94. The van der Waals surface area contributed by atoms with Crippen molar-refractivity contribution in [3.63, 3.8) is 0 Å². The number of hydrogen-bond donors (Lipinski definition) is 2. The molecule has 0 spiro atoms. The Morgan fingerprint density at radius 3 is 2.58 bits per heavy atom. The van der Waals surface area contributed by atoms with Crippen molar-refractivity contribution in [1.29, 1.82) is 0 Å². The zero-order valence-corrected chi connectivity index (χ0v) is 11.8. The number of anilines is 1. The molecular weight excluding hydrogens is 325 g/mol. The average molecular weight is 339 g/mol. The number of halogens is 4. The highest BCUT2D eigenvalue weighted by Gasteiger charge is 2.31. The molecule has 7 heteroatoms. The number of amides is 1. The maximum absolute atomic E-state index is 12.6. The Morgan fingerprint density at radius 2 is 2.05 bits per heavy atom. The lowest BCUT2D eigenvalue weighted by molar-refractivity contribution is -0.137. The minimum Gasteiger partial charge on any atom is -0.327 e. The second kappa shape index (κ2) is 6.38. The summed E-state index contributed by atoms with van der Waals surface area (Å²) < 4.78 is 38.0. The molecule has 1 amide bonds. The number of rotatable bonds is 4.